The smallest absolute Gasteiger partial charge is 0.429 e. The Bertz CT molecular complexity index is 2080. The highest BCUT2D eigenvalue weighted by molar-refractivity contribution is 8.45. The molecule has 0 bridgehead atoms. The normalized spacial score (nSPS) is 13.5. The van der Waals surface area contributed by atoms with E-state index >= 15 is 22.0 Å². The topological polar surface area (TPSA) is 35.0 Å². The molecule has 17 heteroatoms. The molecule has 5 aromatic rings. The van der Waals surface area contributed by atoms with Gasteiger partial charge in [-0.3, -0.25) is 0 Å². The minimum Gasteiger partial charge on any atom is -0.429 e. The number of hydrogen-bond donors (Lipinski definition) is 0. The highest BCUT2D eigenvalue weighted by Crippen LogP contribution is 3.02. The van der Waals surface area contributed by atoms with Crippen molar-refractivity contribution >= 4 is 10.2 Å². The molecule has 0 fully saturated rings. The summed E-state index contributed by atoms with van der Waals surface area (Å²) in [5, 5.41) is 0. The van der Waals surface area contributed by atoms with Gasteiger partial charge in [-0.25, -0.2) is 36.3 Å². The Morgan fingerprint density at radius 1 is 0.608 bits per heavy atom. The molecule has 3 nitrogen and oxygen atoms in total. The zero-order valence-electron chi connectivity index (χ0n) is 25.9. The van der Waals surface area contributed by atoms with Crippen molar-refractivity contribution in [1.82, 2.24) is 9.97 Å². The first kappa shape index (κ1) is 37.5. The molecule has 51 heavy (non-hydrogen) atoms. The van der Waals surface area contributed by atoms with Crippen molar-refractivity contribution in [2.75, 3.05) is 0 Å². The van der Waals surface area contributed by atoms with Gasteiger partial charge < -0.3 is 4.74 Å². The monoisotopic (exact) mass is 754 g/mol. The summed E-state index contributed by atoms with van der Waals surface area (Å²) in [5.74, 6) is -12.9. The van der Waals surface area contributed by atoms with Gasteiger partial charge in [0, 0.05) is 35.2 Å². The molecule has 0 radical (unpaired) electrons. The highest BCUT2D eigenvalue weighted by Gasteiger charge is 2.69. The van der Waals surface area contributed by atoms with Crippen LogP contribution in [0.1, 0.15) is 37.3 Å². The standard InChI is InChI=1S/C34H23F13N2OS/c1-2-3-4-5-18-16-48-33(49-17-18)19-6-8-23(25(35)10-19)20-11-27(37)31(28(38)12-20)34(41,42)50-22-7-9-24(26(36)15-22)21-13-29(39)32(30(40)14-21)51(43,44,45,46)47/h6-17H,2-5H2,1H3. The van der Waals surface area contributed by atoms with E-state index in [2.05, 4.69) is 21.6 Å². The molecule has 0 spiro atoms. The Balaban J connectivity index is 1.37. The maximum atomic E-state index is 15.1. The summed E-state index contributed by atoms with van der Waals surface area (Å²) >= 11 is 0. The lowest BCUT2D eigenvalue weighted by Gasteiger charge is -2.40. The van der Waals surface area contributed by atoms with E-state index in [0.717, 1.165) is 43.4 Å². The minimum absolute atomic E-state index is 0.141. The maximum Gasteiger partial charge on any atom is 0.432 e. The fourth-order valence-corrected chi connectivity index (χ4v) is 6.04. The van der Waals surface area contributed by atoms with E-state index in [1.54, 1.807) is 12.4 Å². The predicted octanol–water partition coefficient (Wildman–Crippen LogP) is 12.8. The highest BCUT2D eigenvalue weighted by atomic mass is 32.5. The van der Waals surface area contributed by atoms with Crippen molar-refractivity contribution in [3.8, 4) is 39.4 Å². The molecule has 5 rings (SSSR count). The number of nitrogens with zero attached hydrogens (tertiary/aromatic N) is 2. The third-order valence-corrected chi connectivity index (χ3v) is 8.69. The zero-order valence-corrected chi connectivity index (χ0v) is 26.7. The van der Waals surface area contributed by atoms with E-state index in [0.29, 0.717) is 24.3 Å². The van der Waals surface area contributed by atoms with Crippen LogP contribution in [0.2, 0.25) is 0 Å². The van der Waals surface area contributed by atoms with Crippen LogP contribution < -0.4 is 4.74 Å². The average molecular weight is 755 g/mol. The van der Waals surface area contributed by atoms with Gasteiger partial charge in [-0.15, -0.1) is 0 Å². The molecular weight excluding hydrogens is 731 g/mol. The van der Waals surface area contributed by atoms with Gasteiger partial charge in [0.15, 0.2) is 10.7 Å². The number of benzene rings is 4. The Morgan fingerprint density at radius 3 is 1.59 bits per heavy atom. The van der Waals surface area contributed by atoms with E-state index in [1.807, 2.05) is 0 Å². The molecular formula is C34H23F13N2OS. The third-order valence-electron chi connectivity index (χ3n) is 7.53. The molecule has 0 aliphatic heterocycles. The fraction of sp³-hybridized carbons (Fsp3) is 0.176. The van der Waals surface area contributed by atoms with Crippen molar-refractivity contribution in [2.24, 2.45) is 0 Å². The molecule has 0 N–H and O–H groups in total. The lowest BCUT2D eigenvalue weighted by molar-refractivity contribution is -0.189. The molecule has 0 aliphatic rings. The Morgan fingerprint density at radius 2 is 1.10 bits per heavy atom. The van der Waals surface area contributed by atoms with Crippen LogP contribution in [0.5, 0.6) is 5.75 Å². The molecule has 0 saturated carbocycles. The van der Waals surface area contributed by atoms with Crippen molar-refractivity contribution in [1.29, 1.82) is 0 Å². The first-order chi connectivity index (χ1) is 23.6. The van der Waals surface area contributed by atoms with Crippen LogP contribution in [-0.2, 0) is 12.5 Å². The summed E-state index contributed by atoms with van der Waals surface area (Å²) in [6.45, 7) is 2.06. The number of aromatic nitrogens is 2. The molecule has 0 saturated heterocycles. The quantitative estimate of drug-likeness (QED) is 0.0995. The van der Waals surface area contributed by atoms with Gasteiger partial charge in [-0.2, -0.15) is 8.78 Å². The van der Waals surface area contributed by atoms with Gasteiger partial charge in [0.25, 0.3) is 0 Å². The SMILES string of the molecule is CCCCCc1cnc(-c2ccc(-c3cc(F)c(C(F)(F)Oc4ccc(-c5cc(F)c(S(F)(F)(F)(F)F)c(F)c5)c(F)c4)c(F)c3)c(F)c2)nc1. The van der Waals surface area contributed by atoms with Crippen molar-refractivity contribution in [3.63, 3.8) is 0 Å². The Kier molecular flexibility index (Phi) is 9.37. The van der Waals surface area contributed by atoms with Crippen LogP contribution in [0.4, 0.5) is 54.6 Å². The van der Waals surface area contributed by atoms with E-state index in [4.69, 9.17) is 0 Å². The summed E-state index contributed by atoms with van der Waals surface area (Å²) in [6.07, 6.45) is 2.07. The second-order valence-electron chi connectivity index (χ2n) is 11.4. The number of ether oxygens (including phenoxy) is 1. The van der Waals surface area contributed by atoms with Crippen molar-refractivity contribution in [3.05, 3.63) is 119 Å². The van der Waals surface area contributed by atoms with Crippen LogP contribution in [0.15, 0.2) is 78.0 Å². The van der Waals surface area contributed by atoms with Crippen LogP contribution in [0.25, 0.3) is 33.6 Å². The second kappa shape index (κ2) is 12.8. The lowest BCUT2D eigenvalue weighted by atomic mass is 10.00. The van der Waals surface area contributed by atoms with Gasteiger partial charge >= 0.3 is 16.3 Å². The zero-order chi connectivity index (χ0) is 37.6. The maximum absolute atomic E-state index is 15.1. The average Bonchev–Trinajstić information content (AvgIpc) is 2.99. The van der Waals surface area contributed by atoms with Crippen LogP contribution in [-0.4, -0.2) is 9.97 Å². The number of rotatable bonds is 11. The van der Waals surface area contributed by atoms with E-state index in [-0.39, 0.29) is 35.2 Å². The molecule has 0 unspecified atom stereocenters. The predicted molar refractivity (Wildman–Crippen MR) is 164 cm³/mol. The Hall–Kier alpha value is -4.80. The molecule has 272 valence electrons. The number of hydrogen-bond acceptors (Lipinski definition) is 3. The molecule has 4 aromatic carbocycles. The molecule has 0 aliphatic carbocycles. The van der Waals surface area contributed by atoms with Gasteiger partial charge in [0.05, 0.1) is 0 Å². The first-order valence-corrected chi connectivity index (χ1v) is 16.7. The first-order valence-electron chi connectivity index (χ1n) is 14.8. The van der Waals surface area contributed by atoms with E-state index < -0.39 is 84.1 Å². The third kappa shape index (κ3) is 8.24. The van der Waals surface area contributed by atoms with Gasteiger partial charge in [0.1, 0.15) is 46.2 Å². The van der Waals surface area contributed by atoms with Crippen LogP contribution in [0.3, 0.4) is 0 Å². The fourth-order valence-electron chi connectivity index (χ4n) is 5.18. The largest absolute Gasteiger partial charge is 0.432 e. The summed E-state index contributed by atoms with van der Waals surface area (Å²) in [4.78, 5) is 4.97. The number of halogens is 13. The van der Waals surface area contributed by atoms with Crippen LogP contribution in [0, 0.1) is 34.9 Å². The second-order valence-corrected chi connectivity index (χ2v) is 13.7. The van der Waals surface area contributed by atoms with Crippen LogP contribution >= 0.6 is 10.2 Å². The van der Waals surface area contributed by atoms with Crippen molar-refractivity contribution < 1.29 is 59.3 Å². The summed E-state index contributed by atoms with van der Waals surface area (Å²) in [7, 11) is -10.8. The van der Waals surface area contributed by atoms with Gasteiger partial charge in [-0.05, 0) is 72.0 Å². The Labute approximate surface area is 281 Å². The summed E-state index contributed by atoms with van der Waals surface area (Å²) < 4.78 is 187. The van der Waals surface area contributed by atoms with Gasteiger partial charge in [-0.1, -0.05) is 51.3 Å². The van der Waals surface area contributed by atoms with E-state index in [9.17, 15) is 32.6 Å². The van der Waals surface area contributed by atoms with Crippen molar-refractivity contribution in [2.45, 2.75) is 43.6 Å². The van der Waals surface area contributed by atoms with Gasteiger partial charge in [0.2, 0.25) is 0 Å². The summed E-state index contributed by atoms with van der Waals surface area (Å²) in [5.41, 5.74) is -3.67. The lowest BCUT2D eigenvalue weighted by Crippen LogP contribution is -2.25. The number of unbranched alkanes of at least 4 members (excludes halogenated alkanes) is 2. The molecule has 1 heterocycles. The minimum atomic E-state index is -10.8. The molecule has 0 atom stereocenters. The number of aryl methyl sites for hydroxylation is 1. The molecule has 0 amide bonds. The molecule has 1 aromatic heterocycles. The van der Waals surface area contributed by atoms with E-state index in [1.165, 1.54) is 6.07 Å². The summed E-state index contributed by atoms with van der Waals surface area (Å²) in [6, 6.07) is 4.93. The number of alkyl halides is 2.